The number of hydrogen-bond donors (Lipinski definition) is 1. The molecule has 1 fully saturated rings. The zero-order valence-corrected chi connectivity index (χ0v) is 12.2. The molecule has 1 aliphatic rings. The summed E-state index contributed by atoms with van der Waals surface area (Å²) in [5, 5.41) is 8.93. The van der Waals surface area contributed by atoms with Gasteiger partial charge in [-0.15, -0.1) is 0 Å². The lowest BCUT2D eigenvalue weighted by Gasteiger charge is -2.38. The van der Waals surface area contributed by atoms with Crippen LogP contribution in [0.4, 0.5) is 0 Å². The van der Waals surface area contributed by atoms with Crippen LogP contribution >= 0.6 is 0 Å². The topological polar surface area (TPSA) is 43.8 Å². The summed E-state index contributed by atoms with van der Waals surface area (Å²) in [6.07, 6.45) is 2.25. The lowest BCUT2D eigenvalue weighted by molar-refractivity contribution is -0.138. The van der Waals surface area contributed by atoms with Crippen molar-refractivity contribution in [1.29, 1.82) is 0 Å². The number of hydrogen-bond acceptors (Lipinski definition) is 3. The molecule has 2 rings (SSSR count). The van der Waals surface area contributed by atoms with Crippen molar-refractivity contribution in [3.05, 3.63) is 35.9 Å². The van der Waals surface area contributed by atoms with Crippen LogP contribution in [0.2, 0.25) is 0 Å². The average molecular weight is 276 g/mol. The molecule has 0 aromatic heterocycles. The van der Waals surface area contributed by atoms with Gasteiger partial charge in [-0.05, 0) is 31.5 Å². The zero-order chi connectivity index (χ0) is 14.4. The van der Waals surface area contributed by atoms with Gasteiger partial charge in [0.25, 0.3) is 0 Å². The van der Waals surface area contributed by atoms with E-state index in [1.807, 2.05) is 6.07 Å². The fraction of sp³-hybridized carbons (Fsp3) is 0.562. The molecule has 1 heterocycles. The van der Waals surface area contributed by atoms with Crippen LogP contribution in [0.5, 0.6) is 0 Å². The van der Waals surface area contributed by atoms with E-state index in [1.165, 1.54) is 5.56 Å². The molecule has 0 unspecified atom stereocenters. The monoisotopic (exact) mass is 276 g/mol. The third kappa shape index (κ3) is 4.32. The number of carboxylic acid groups (broad SMARTS) is 1. The molecule has 0 bridgehead atoms. The van der Waals surface area contributed by atoms with E-state index in [4.69, 9.17) is 5.11 Å². The Balaban J connectivity index is 1.94. The molecule has 0 spiro atoms. The molecule has 1 saturated heterocycles. The van der Waals surface area contributed by atoms with Crippen molar-refractivity contribution in [2.75, 3.05) is 26.2 Å². The largest absolute Gasteiger partial charge is 0.480 e. The molecule has 1 aromatic rings. The molecule has 110 valence electrons. The highest BCUT2D eigenvalue weighted by atomic mass is 16.4. The summed E-state index contributed by atoms with van der Waals surface area (Å²) in [6.45, 7) is 6.07. The van der Waals surface area contributed by atoms with Crippen molar-refractivity contribution < 1.29 is 9.90 Å². The molecule has 0 saturated carbocycles. The summed E-state index contributed by atoms with van der Waals surface area (Å²) < 4.78 is 0. The Morgan fingerprint density at radius 3 is 2.80 bits per heavy atom. The third-order valence-electron chi connectivity index (χ3n) is 3.99. The summed E-state index contributed by atoms with van der Waals surface area (Å²) in [4.78, 5) is 15.4. The zero-order valence-electron chi connectivity index (χ0n) is 12.2. The Kier molecular flexibility index (Phi) is 5.56. The average Bonchev–Trinajstić information content (AvgIpc) is 2.45. The first-order valence-corrected chi connectivity index (χ1v) is 7.41. The van der Waals surface area contributed by atoms with Crippen molar-refractivity contribution in [3.63, 3.8) is 0 Å². The number of carbonyl (C=O) groups is 1. The Morgan fingerprint density at radius 2 is 2.15 bits per heavy atom. The molecular formula is C16H24N2O2. The van der Waals surface area contributed by atoms with Gasteiger partial charge in [-0.3, -0.25) is 14.6 Å². The molecule has 0 aliphatic carbocycles. The van der Waals surface area contributed by atoms with Crippen molar-refractivity contribution in [1.82, 2.24) is 9.80 Å². The quantitative estimate of drug-likeness (QED) is 0.863. The third-order valence-corrected chi connectivity index (χ3v) is 3.99. The first-order valence-electron chi connectivity index (χ1n) is 7.41. The van der Waals surface area contributed by atoms with E-state index in [0.29, 0.717) is 6.04 Å². The summed E-state index contributed by atoms with van der Waals surface area (Å²) in [5.74, 6) is -0.725. The predicted octanol–water partition coefficient (Wildman–Crippen LogP) is 2.06. The van der Waals surface area contributed by atoms with Crippen LogP contribution < -0.4 is 0 Å². The Morgan fingerprint density at radius 1 is 1.40 bits per heavy atom. The van der Waals surface area contributed by atoms with Crippen LogP contribution in [0.15, 0.2) is 30.3 Å². The maximum atomic E-state index is 10.8. The van der Waals surface area contributed by atoms with Crippen molar-refractivity contribution in [3.8, 4) is 0 Å². The first kappa shape index (κ1) is 15.0. The minimum absolute atomic E-state index is 0.166. The van der Waals surface area contributed by atoms with Gasteiger partial charge in [0.1, 0.15) is 0 Å². The molecular weight excluding hydrogens is 252 g/mol. The van der Waals surface area contributed by atoms with Gasteiger partial charge in [-0.1, -0.05) is 37.3 Å². The van der Waals surface area contributed by atoms with Gasteiger partial charge in [0, 0.05) is 19.1 Å². The summed E-state index contributed by atoms with van der Waals surface area (Å²) in [6, 6.07) is 10.9. The summed E-state index contributed by atoms with van der Waals surface area (Å²) in [7, 11) is 0. The highest BCUT2D eigenvalue weighted by Crippen LogP contribution is 2.18. The lowest BCUT2D eigenvalue weighted by atomic mass is 10.0. The molecule has 1 aromatic carbocycles. The van der Waals surface area contributed by atoms with Gasteiger partial charge in [0.2, 0.25) is 0 Å². The number of likely N-dealkylation sites (tertiary alicyclic amines) is 1. The number of benzene rings is 1. The van der Waals surface area contributed by atoms with E-state index in [2.05, 4.69) is 41.0 Å². The standard InChI is InChI=1S/C16H24N2O2/c1-2-18(11-14-7-4-3-5-8-14)15-9-6-10-17(12-15)13-16(19)20/h3-5,7-8,15H,2,6,9-13H2,1H3,(H,19,20)/t15-/m0/s1. The Bertz CT molecular complexity index is 422. The SMILES string of the molecule is CCN(Cc1ccccc1)[C@H]1CCCN(CC(=O)O)C1. The maximum absolute atomic E-state index is 10.8. The molecule has 4 nitrogen and oxygen atoms in total. The molecule has 1 N–H and O–H groups in total. The molecule has 20 heavy (non-hydrogen) atoms. The van der Waals surface area contributed by atoms with E-state index < -0.39 is 5.97 Å². The minimum atomic E-state index is -0.725. The smallest absolute Gasteiger partial charge is 0.317 e. The van der Waals surface area contributed by atoms with E-state index in [0.717, 1.165) is 39.0 Å². The highest BCUT2D eigenvalue weighted by molar-refractivity contribution is 5.69. The summed E-state index contributed by atoms with van der Waals surface area (Å²) >= 11 is 0. The van der Waals surface area contributed by atoms with E-state index in [1.54, 1.807) is 0 Å². The van der Waals surface area contributed by atoms with Crippen LogP contribution in [0.1, 0.15) is 25.3 Å². The Hall–Kier alpha value is -1.39. The van der Waals surface area contributed by atoms with Gasteiger partial charge >= 0.3 is 5.97 Å². The predicted molar refractivity (Wildman–Crippen MR) is 79.6 cm³/mol. The van der Waals surface area contributed by atoms with E-state index in [-0.39, 0.29) is 6.54 Å². The maximum Gasteiger partial charge on any atom is 0.317 e. The minimum Gasteiger partial charge on any atom is -0.480 e. The summed E-state index contributed by atoms with van der Waals surface area (Å²) in [5.41, 5.74) is 1.32. The molecule has 1 aliphatic heterocycles. The fourth-order valence-corrected chi connectivity index (χ4v) is 2.98. The van der Waals surface area contributed by atoms with Gasteiger partial charge in [-0.2, -0.15) is 0 Å². The van der Waals surface area contributed by atoms with Crippen molar-refractivity contribution >= 4 is 5.97 Å². The first-order chi connectivity index (χ1) is 9.69. The van der Waals surface area contributed by atoms with Gasteiger partial charge in [0.05, 0.1) is 6.54 Å². The van der Waals surface area contributed by atoms with Crippen LogP contribution in [-0.2, 0) is 11.3 Å². The lowest BCUT2D eigenvalue weighted by Crippen LogP contribution is -2.48. The normalized spacial score (nSPS) is 20.2. The second kappa shape index (κ2) is 7.41. The number of likely N-dealkylation sites (N-methyl/N-ethyl adjacent to an activating group) is 1. The second-order valence-electron chi connectivity index (χ2n) is 5.47. The molecule has 1 atom stereocenters. The highest BCUT2D eigenvalue weighted by Gasteiger charge is 2.25. The molecule has 0 radical (unpaired) electrons. The van der Waals surface area contributed by atoms with Gasteiger partial charge in [-0.25, -0.2) is 0 Å². The number of carboxylic acids is 1. The Labute approximate surface area is 121 Å². The van der Waals surface area contributed by atoms with Crippen molar-refractivity contribution in [2.24, 2.45) is 0 Å². The second-order valence-corrected chi connectivity index (χ2v) is 5.47. The van der Waals surface area contributed by atoms with Crippen LogP contribution in [-0.4, -0.2) is 53.1 Å². The van der Waals surface area contributed by atoms with Crippen molar-refractivity contribution in [2.45, 2.75) is 32.4 Å². The van der Waals surface area contributed by atoms with Crippen LogP contribution in [0.3, 0.4) is 0 Å². The number of piperidine rings is 1. The van der Waals surface area contributed by atoms with Crippen LogP contribution in [0.25, 0.3) is 0 Å². The number of rotatable bonds is 6. The number of aliphatic carboxylic acids is 1. The van der Waals surface area contributed by atoms with Gasteiger partial charge in [0.15, 0.2) is 0 Å². The fourth-order valence-electron chi connectivity index (χ4n) is 2.98. The van der Waals surface area contributed by atoms with E-state index in [9.17, 15) is 4.79 Å². The van der Waals surface area contributed by atoms with Gasteiger partial charge < -0.3 is 5.11 Å². The van der Waals surface area contributed by atoms with Crippen LogP contribution in [0, 0.1) is 0 Å². The number of nitrogens with zero attached hydrogens (tertiary/aromatic N) is 2. The van der Waals surface area contributed by atoms with E-state index >= 15 is 0 Å². The molecule has 4 heteroatoms. The molecule has 0 amide bonds.